The van der Waals surface area contributed by atoms with Crippen LogP contribution in [0.4, 0.5) is 0 Å². The van der Waals surface area contributed by atoms with Crippen molar-refractivity contribution >= 4 is 40.8 Å². The molecule has 0 radical (unpaired) electrons. The lowest BCUT2D eigenvalue weighted by Crippen LogP contribution is -1.96. The molecule has 0 amide bonds. The van der Waals surface area contributed by atoms with Crippen molar-refractivity contribution in [2.75, 3.05) is 11.5 Å². The molecule has 0 aliphatic heterocycles. The number of nitrogens with zero attached hydrogens (tertiary/aromatic N) is 2. The Morgan fingerprint density at radius 1 is 1.46 bits per heavy atom. The summed E-state index contributed by atoms with van der Waals surface area (Å²) < 4.78 is 1.62. The maximum Gasteiger partial charge on any atom is 0.313 e. The zero-order valence-corrected chi connectivity index (χ0v) is 9.34. The lowest BCUT2D eigenvalue weighted by Gasteiger charge is -1.88. The van der Waals surface area contributed by atoms with Gasteiger partial charge in [0.1, 0.15) is 0 Å². The van der Waals surface area contributed by atoms with Gasteiger partial charge < -0.3 is 5.11 Å². The van der Waals surface area contributed by atoms with E-state index in [1.807, 2.05) is 6.92 Å². The van der Waals surface area contributed by atoms with E-state index >= 15 is 0 Å². The molecule has 0 unspecified atom stereocenters. The first-order valence-electron chi connectivity index (χ1n) is 3.53. The number of hydrogen-bond donors (Lipinski definition) is 1. The van der Waals surface area contributed by atoms with Gasteiger partial charge in [0.2, 0.25) is 0 Å². The van der Waals surface area contributed by atoms with Crippen LogP contribution in [0.15, 0.2) is 8.68 Å². The van der Waals surface area contributed by atoms with E-state index in [0.29, 0.717) is 0 Å². The van der Waals surface area contributed by atoms with Crippen molar-refractivity contribution in [2.45, 2.75) is 15.6 Å². The van der Waals surface area contributed by atoms with Crippen LogP contribution in [0.3, 0.4) is 0 Å². The van der Waals surface area contributed by atoms with Gasteiger partial charge in [0.25, 0.3) is 0 Å². The quantitative estimate of drug-likeness (QED) is 0.787. The van der Waals surface area contributed by atoms with Gasteiger partial charge in [-0.15, -0.1) is 10.2 Å². The van der Waals surface area contributed by atoms with Crippen LogP contribution in [-0.4, -0.2) is 32.8 Å². The Morgan fingerprint density at radius 3 is 2.62 bits per heavy atom. The van der Waals surface area contributed by atoms with Crippen LogP contribution in [-0.2, 0) is 4.79 Å². The molecule has 0 saturated carbocycles. The third kappa shape index (κ3) is 3.97. The number of carbonyl (C=O) groups is 1. The van der Waals surface area contributed by atoms with Crippen LogP contribution in [0, 0.1) is 0 Å². The molecule has 4 nitrogen and oxygen atoms in total. The van der Waals surface area contributed by atoms with Gasteiger partial charge in [0, 0.05) is 0 Å². The number of carboxylic acid groups (broad SMARTS) is 1. The summed E-state index contributed by atoms with van der Waals surface area (Å²) in [7, 11) is 0. The molecule has 0 aromatic carbocycles. The van der Waals surface area contributed by atoms with Crippen LogP contribution in [0.25, 0.3) is 0 Å². The monoisotopic (exact) mass is 236 g/mol. The van der Waals surface area contributed by atoms with Gasteiger partial charge in [-0.05, 0) is 5.75 Å². The van der Waals surface area contributed by atoms with Crippen molar-refractivity contribution in [3.8, 4) is 0 Å². The highest BCUT2D eigenvalue weighted by Crippen LogP contribution is 2.28. The van der Waals surface area contributed by atoms with Crippen LogP contribution in [0.2, 0.25) is 0 Å². The summed E-state index contributed by atoms with van der Waals surface area (Å²) in [5.41, 5.74) is 0. The average molecular weight is 236 g/mol. The molecule has 1 N–H and O–H groups in total. The van der Waals surface area contributed by atoms with Crippen LogP contribution in [0.1, 0.15) is 6.92 Å². The SMILES string of the molecule is CCSc1nnc(SCC(=O)O)s1. The maximum absolute atomic E-state index is 10.2. The summed E-state index contributed by atoms with van der Waals surface area (Å²) in [5, 5.41) is 16.2. The Labute approximate surface area is 88.1 Å². The molecule has 1 rings (SSSR count). The molecule has 0 saturated heterocycles. The molecule has 0 bridgehead atoms. The normalized spacial score (nSPS) is 10.2. The minimum atomic E-state index is -0.829. The van der Waals surface area contributed by atoms with Crippen molar-refractivity contribution in [1.29, 1.82) is 0 Å². The highest BCUT2D eigenvalue weighted by Gasteiger charge is 2.06. The maximum atomic E-state index is 10.2. The largest absolute Gasteiger partial charge is 0.481 e. The molecular weight excluding hydrogens is 228 g/mol. The second-order valence-corrected chi connectivity index (χ2v) is 5.66. The van der Waals surface area contributed by atoms with Gasteiger partial charge in [0.05, 0.1) is 5.75 Å². The molecule has 7 heteroatoms. The highest BCUT2D eigenvalue weighted by atomic mass is 32.2. The van der Waals surface area contributed by atoms with Crippen molar-refractivity contribution in [3.63, 3.8) is 0 Å². The van der Waals surface area contributed by atoms with Gasteiger partial charge in [-0.25, -0.2) is 0 Å². The summed E-state index contributed by atoms with van der Waals surface area (Å²) in [6, 6.07) is 0. The van der Waals surface area contributed by atoms with Crippen molar-refractivity contribution < 1.29 is 9.90 Å². The Bertz CT molecular complexity index is 289. The first-order chi connectivity index (χ1) is 6.22. The summed E-state index contributed by atoms with van der Waals surface area (Å²) >= 11 is 4.26. The number of rotatable bonds is 5. The van der Waals surface area contributed by atoms with Crippen molar-refractivity contribution in [2.24, 2.45) is 0 Å². The second-order valence-electron chi connectivity index (χ2n) is 1.95. The summed E-state index contributed by atoms with van der Waals surface area (Å²) in [6.45, 7) is 2.04. The summed E-state index contributed by atoms with van der Waals surface area (Å²) in [6.07, 6.45) is 0. The zero-order valence-electron chi connectivity index (χ0n) is 6.89. The van der Waals surface area contributed by atoms with Gasteiger partial charge in [-0.1, -0.05) is 41.8 Å². The van der Waals surface area contributed by atoms with E-state index in [1.54, 1.807) is 11.8 Å². The third-order valence-electron chi connectivity index (χ3n) is 0.975. The van der Waals surface area contributed by atoms with Gasteiger partial charge in [-0.3, -0.25) is 4.79 Å². The average Bonchev–Trinajstić information content (AvgIpc) is 2.50. The van der Waals surface area contributed by atoms with Gasteiger partial charge in [-0.2, -0.15) is 0 Å². The molecular formula is C6H8N2O2S3. The molecule has 1 heterocycles. The lowest BCUT2D eigenvalue weighted by molar-refractivity contribution is -0.133. The summed E-state index contributed by atoms with van der Waals surface area (Å²) in [4.78, 5) is 10.2. The molecule has 1 aromatic rings. The first kappa shape index (κ1) is 10.8. The fourth-order valence-corrected chi connectivity index (χ4v) is 3.20. The summed E-state index contributed by atoms with van der Waals surface area (Å²) in [5.74, 6) is 0.175. The van der Waals surface area contributed by atoms with E-state index in [2.05, 4.69) is 10.2 Å². The van der Waals surface area contributed by atoms with E-state index in [1.165, 1.54) is 23.1 Å². The Morgan fingerprint density at radius 2 is 2.08 bits per heavy atom. The van der Waals surface area contributed by atoms with E-state index in [9.17, 15) is 4.79 Å². The van der Waals surface area contributed by atoms with Crippen LogP contribution >= 0.6 is 34.9 Å². The van der Waals surface area contributed by atoms with Crippen molar-refractivity contribution in [1.82, 2.24) is 10.2 Å². The number of aromatic nitrogens is 2. The molecule has 0 aliphatic carbocycles. The molecule has 0 spiro atoms. The predicted octanol–water partition coefficient (Wildman–Crippen LogP) is 1.83. The molecule has 13 heavy (non-hydrogen) atoms. The molecule has 0 fully saturated rings. The molecule has 72 valence electrons. The van der Waals surface area contributed by atoms with Gasteiger partial charge >= 0.3 is 5.97 Å². The Hall–Kier alpha value is -0.270. The van der Waals surface area contributed by atoms with Crippen LogP contribution in [0.5, 0.6) is 0 Å². The van der Waals surface area contributed by atoms with Crippen LogP contribution < -0.4 is 0 Å². The second kappa shape index (κ2) is 5.46. The van der Waals surface area contributed by atoms with E-state index in [0.717, 1.165) is 14.4 Å². The smallest absolute Gasteiger partial charge is 0.313 e. The standard InChI is InChI=1S/C6H8N2O2S3/c1-2-11-5-7-8-6(13-5)12-3-4(9)10/h2-3H2,1H3,(H,9,10). The zero-order chi connectivity index (χ0) is 9.68. The van der Waals surface area contributed by atoms with Gasteiger partial charge in [0.15, 0.2) is 8.68 Å². The van der Waals surface area contributed by atoms with Crippen molar-refractivity contribution in [3.05, 3.63) is 0 Å². The predicted molar refractivity (Wildman–Crippen MR) is 54.7 cm³/mol. The lowest BCUT2D eigenvalue weighted by atomic mass is 10.8. The van der Waals surface area contributed by atoms with E-state index in [4.69, 9.17) is 5.11 Å². The fraction of sp³-hybridized carbons (Fsp3) is 0.500. The molecule has 0 atom stereocenters. The minimum absolute atomic E-state index is 0.0470. The van der Waals surface area contributed by atoms with E-state index < -0.39 is 5.97 Å². The number of aliphatic carboxylic acids is 1. The topological polar surface area (TPSA) is 63.1 Å². The molecule has 1 aromatic heterocycles. The Balaban J connectivity index is 2.44. The molecule has 0 aliphatic rings. The Kier molecular flexibility index (Phi) is 4.54. The number of carboxylic acids is 1. The number of hydrogen-bond acceptors (Lipinski definition) is 6. The minimum Gasteiger partial charge on any atom is -0.481 e. The highest BCUT2D eigenvalue weighted by molar-refractivity contribution is 8.03. The van der Waals surface area contributed by atoms with E-state index in [-0.39, 0.29) is 5.75 Å². The fourth-order valence-electron chi connectivity index (χ4n) is 0.561. The third-order valence-corrected chi connectivity index (χ3v) is 4.03. The number of thioether (sulfide) groups is 2. The first-order valence-corrected chi connectivity index (χ1v) is 6.32.